The molecular formula is C32H43ClF3N3O3. The van der Waals surface area contributed by atoms with Gasteiger partial charge in [0.25, 0.3) is 0 Å². The maximum atomic E-state index is 14.1. The second-order valence-electron chi connectivity index (χ2n) is 12.0. The predicted molar refractivity (Wildman–Crippen MR) is 161 cm³/mol. The highest BCUT2D eigenvalue weighted by atomic mass is 35.5. The third-order valence-corrected chi connectivity index (χ3v) is 7.58. The topological polar surface area (TPSA) is 66.2 Å². The van der Waals surface area contributed by atoms with Crippen LogP contribution >= 0.6 is 11.6 Å². The van der Waals surface area contributed by atoms with Crippen LogP contribution in [0.3, 0.4) is 0 Å². The average Bonchev–Trinajstić information content (AvgIpc) is 3.26. The molecule has 6 nitrogen and oxygen atoms in total. The highest BCUT2D eigenvalue weighted by molar-refractivity contribution is 6.28. The van der Waals surface area contributed by atoms with Crippen molar-refractivity contribution in [1.29, 1.82) is 0 Å². The zero-order valence-corrected chi connectivity index (χ0v) is 26.2. The van der Waals surface area contributed by atoms with Crippen molar-refractivity contribution in [3.8, 4) is 17.0 Å². The minimum atomic E-state index is -4.61. The number of rotatable bonds is 14. The Morgan fingerprint density at radius 3 is 2.38 bits per heavy atom. The maximum absolute atomic E-state index is 14.1. The number of hydrogen-bond donors (Lipinski definition) is 0. The Balaban J connectivity index is 1.64. The molecule has 3 aromatic rings. The molecule has 0 bridgehead atoms. The van der Waals surface area contributed by atoms with Gasteiger partial charge in [0.05, 0.1) is 17.9 Å². The van der Waals surface area contributed by atoms with E-state index in [1.54, 1.807) is 29.9 Å². The van der Waals surface area contributed by atoms with Gasteiger partial charge in [-0.25, -0.2) is 4.98 Å². The van der Waals surface area contributed by atoms with Crippen LogP contribution < -0.4 is 4.74 Å². The first-order valence-corrected chi connectivity index (χ1v) is 15.1. The van der Waals surface area contributed by atoms with Crippen molar-refractivity contribution >= 4 is 28.6 Å². The summed E-state index contributed by atoms with van der Waals surface area (Å²) in [5.74, 6) is 0.218. The molecule has 10 heteroatoms. The second kappa shape index (κ2) is 14.6. The molecule has 0 fully saturated rings. The van der Waals surface area contributed by atoms with Crippen LogP contribution in [0.25, 0.3) is 22.3 Å². The quantitative estimate of drug-likeness (QED) is 0.134. The average molecular weight is 610 g/mol. The van der Waals surface area contributed by atoms with Crippen LogP contribution in [0.15, 0.2) is 30.5 Å². The van der Waals surface area contributed by atoms with Gasteiger partial charge in [0, 0.05) is 30.6 Å². The van der Waals surface area contributed by atoms with Crippen LogP contribution in [-0.2, 0) is 22.8 Å². The number of halogens is 4. The number of esters is 1. The van der Waals surface area contributed by atoms with Crippen LogP contribution in [0, 0.1) is 11.8 Å². The van der Waals surface area contributed by atoms with Gasteiger partial charge in [-0.2, -0.15) is 18.2 Å². The van der Waals surface area contributed by atoms with Crippen molar-refractivity contribution in [2.45, 2.75) is 97.8 Å². The minimum Gasteiger partial charge on any atom is -0.493 e. The zero-order valence-electron chi connectivity index (χ0n) is 25.5. The fourth-order valence-corrected chi connectivity index (χ4v) is 5.46. The third kappa shape index (κ3) is 9.61. The van der Waals surface area contributed by atoms with Crippen LogP contribution in [-0.4, -0.2) is 32.7 Å². The van der Waals surface area contributed by atoms with E-state index >= 15 is 0 Å². The van der Waals surface area contributed by atoms with Gasteiger partial charge in [-0.05, 0) is 81.3 Å². The molecule has 0 aliphatic carbocycles. The summed E-state index contributed by atoms with van der Waals surface area (Å²) in [4.78, 5) is 20.7. The normalized spacial score (nSPS) is 13.8. The van der Waals surface area contributed by atoms with E-state index in [9.17, 15) is 18.0 Å². The van der Waals surface area contributed by atoms with E-state index in [4.69, 9.17) is 21.1 Å². The maximum Gasteiger partial charge on any atom is 0.419 e. The Hall–Kier alpha value is -2.81. The third-order valence-electron chi connectivity index (χ3n) is 7.41. The smallest absolute Gasteiger partial charge is 0.419 e. The summed E-state index contributed by atoms with van der Waals surface area (Å²) >= 11 is 6.09. The number of aryl methyl sites for hydroxylation is 1. The first-order chi connectivity index (χ1) is 19.7. The SMILES string of the molecule is CCCC(CCCC(CC)CC(=O)OC(C)(C)C)CCOc1ccc(-c2nc(Cl)nc3c2ccn3C)cc1C(F)(F)F. The zero-order chi connectivity index (χ0) is 31.1. The first-order valence-electron chi connectivity index (χ1n) is 14.8. The van der Waals surface area contributed by atoms with E-state index in [2.05, 4.69) is 23.8 Å². The van der Waals surface area contributed by atoms with Crippen LogP contribution in [0.5, 0.6) is 5.75 Å². The Bertz CT molecular complexity index is 1330. The van der Waals surface area contributed by atoms with Crippen molar-refractivity contribution in [3.05, 3.63) is 41.3 Å². The molecule has 0 aliphatic rings. The molecule has 0 saturated heterocycles. The van der Waals surface area contributed by atoms with Crippen LogP contribution in [0.1, 0.15) is 91.5 Å². The Morgan fingerprint density at radius 1 is 1.02 bits per heavy atom. The van der Waals surface area contributed by atoms with Crippen molar-refractivity contribution in [1.82, 2.24) is 14.5 Å². The summed E-state index contributed by atoms with van der Waals surface area (Å²) in [6.45, 7) is 9.97. The molecule has 2 unspecified atom stereocenters. The summed E-state index contributed by atoms with van der Waals surface area (Å²) in [5, 5.41) is 0.577. The van der Waals surface area contributed by atoms with Crippen molar-refractivity contribution in [2.24, 2.45) is 18.9 Å². The molecule has 0 amide bonds. The molecule has 42 heavy (non-hydrogen) atoms. The number of aromatic nitrogens is 3. The Morgan fingerprint density at radius 2 is 1.74 bits per heavy atom. The molecule has 0 radical (unpaired) electrons. The molecule has 2 atom stereocenters. The number of ether oxygens (including phenoxy) is 2. The van der Waals surface area contributed by atoms with Gasteiger partial charge in [-0.1, -0.05) is 46.0 Å². The lowest BCUT2D eigenvalue weighted by atomic mass is 9.89. The number of nitrogens with zero attached hydrogens (tertiary/aromatic N) is 3. The highest BCUT2D eigenvalue weighted by Crippen LogP contribution is 2.40. The van der Waals surface area contributed by atoms with E-state index < -0.39 is 17.3 Å². The van der Waals surface area contributed by atoms with Crippen molar-refractivity contribution in [2.75, 3.05) is 6.61 Å². The lowest BCUT2D eigenvalue weighted by Crippen LogP contribution is -2.25. The van der Waals surface area contributed by atoms with Crippen LogP contribution in [0.4, 0.5) is 13.2 Å². The van der Waals surface area contributed by atoms with Gasteiger partial charge in [-0.3, -0.25) is 4.79 Å². The van der Waals surface area contributed by atoms with E-state index in [1.165, 1.54) is 6.07 Å². The van der Waals surface area contributed by atoms with E-state index in [0.717, 1.165) is 44.6 Å². The number of benzene rings is 1. The minimum absolute atomic E-state index is 0.0368. The summed E-state index contributed by atoms with van der Waals surface area (Å²) in [6, 6.07) is 5.77. The van der Waals surface area contributed by atoms with Gasteiger partial charge >= 0.3 is 12.1 Å². The lowest BCUT2D eigenvalue weighted by molar-refractivity contribution is -0.156. The molecular weight excluding hydrogens is 567 g/mol. The Labute approximate surface area is 252 Å². The molecule has 0 spiro atoms. The number of carbonyl (C=O) groups is 1. The van der Waals surface area contributed by atoms with Crippen LogP contribution in [0.2, 0.25) is 5.28 Å². The molecule has 2 aromatic heterocycles. The molecule has 0 saturated carbocycles. The van der Waals surface area contributed by atoms with Crippen molar-refractivity contribution < 1.29 is 27.4 Å². The molecule has 232 valence electrons. The molecule has 0 N–H and O–H groups in total. The van der Waals surface area contributed by atoms with Crippen molar-refractivity contribution in [3.63, 3.8) is 0 Å². The largest absolute Gasteiger partial charge is 0.493 e. The second-order valence-corrected chi connectivity index (χ2v) is 12.3. The summed E-state index contributed by atoms with van der Waals surface area (Å²) < 4.78 is 55.4. The highest BCUT2D eigenvalue weighted by Gasteiger charge is 2.35. The van der Waals surface area contributed by atoms with Gasteiger partial charge < -0.3 is 14.0 Å². The van der Waals surface area contributed by atoms with E-state index in [0.29, 0.717) is 35.5 Å². The Kier molecular flexibility index (Phi) is 11.7. The number of alkyl halides is 3. The fraction of sp³-hybridized carbons (Fsp3) is 0.594. The van der Waals surface area contributed by atoms with Gasteiger partial charge in [-0.15, -0.1) is 0 Å². The van der Waals surface area contributed by atoms with E-state index in [1.807, 2.05) is 20.8 Å². The summed E-state index contributed by atoms with van der Waals surface area (Å²) in [5.41, 5.74) is -0.181. The molecule has 1 aromatic carbocycles. The molecule has 0 aliphatic heterocycles. The van der Waals surface area contributed by atoms with E-state index in [-0.39, 0.29) is 35.1 Å². The summed E-state index contributed by atoms with van der Waals surface area (Å²) in [6.07, 6.45) is 3.87. The first kappa shape index (κ1) is 33.7. The number of fused-ring (bicyclic) bond motifs is 1. The summed E-state index contributed by atoms with van der Waals surface area (Å²) in [7, 11) is 1.78. The van der Waals surface area contributed by atoms with Gasteiger partial charge in [0.2, 0.25) is 5.28 Å². The molecule has 3 rings (SSSR count). The monoisotopic (exact) mass is 609 g/mol. The fourth-order valence-electron chi connectivity index (χ4n) is 5.30. The van der Waals surface area contributed by atoms with Gasteiger partial charge in [0.15, 0.2) is 0 Å². The van der Waals surface area contributed by atoms with Gasteiger partial charge in [0.1, 0.15) is 17.0 Å². The predicted octanol–water partition coefficient (Wildman–Crippen LogP) is 9.42. The number of hydrogen-bond acceptors (Lipinski definition) is 5. The molecule has 2 heterocycles. The standard InChI is InChI=1S/C32H43ClF3N3O3/c1-7-10-22(12-9-11-21(8-2)19-27(40)42-31(3,4)5)16-18-41-26-14-13-23(20-25(26)32(34,35)36)28-24-15-17-39(6)29(24)38-30(33)37-28/h13-15,17,20-22H,7-12,16,18-19H2,1-6H3. The number of carbonyl (C=O) groups excluding carboxylic acids is 1. The lowest BCUT2D eigenvalue weighted by Gasteiger charge is -2.22.